The molecule has 0 aliphatic carbocycles. The van der Waals surface area contributed by atoms with Crippen LogP contribution in [0.1, 0.15) is 33.6 Å². The molecular weight excluding hydrogens is 378 g/mol. The molecule has 0 saturated heterocycles. The van der Waals surface area contributed by atoms with Crippen molar-refractivity contribution in [2.24, 2.45) is 32.9 Å². The van der Waals surface area contributed by atoms with E-state index in [9.17, 15) is 9.59 Å². The molecule has 11 nitrogen and oxygen atoms in total. The van der Waals surface area contributed by atoms with Crippen molar-refractivity contribution in [2.75, 3.05) is 6.54 Å². The fraction of sp³-hybridized carbons (Fsp3) is 0.444. The van der Waals surface area contributed by atoms with Crippen LogP contribution in [-0.4, -0.2) is 42.2 Å². The van der Waals surface area contributed by atoms with Crippen molar-refractivity contribution in [3.05, 3.63) is 24.3 Å². The smallest absolute Gasteiger partial charge is 0.408 e. The fourth-order valence-electron chi connectivity index (χ4n) is 2.13. The van der Waals surface area contributed by atoms with Gasteiger partial charge in [-0.05, 0) is 57.9 Å². The Morgan fingerprint density at radius 2 is 1.69 bits per heavy atom. The predicted octanol–water partition coefficient (Wildman–Crippen LogP) is 0.444. The van der Waals surface area contributed by atoms with Crippen molar-refractivity contribution >= 4 is 29.7 Å². The summed E-state index contributed by atoms with van der Waals surface area (Å²) in [4.78, 5) is 32.4. The average molecular weight is 407 g/mol. The Morgan fingerprint density at radius 1 is 1.07 bits per heavy atom. The van der Waals surface area contributed by atoms with Gasteiger partial charge in [-0.15, -0.1) is 0 Å². The molecule has 1 aromatic rings. The number of hydrogen-bond donors (Lipinski definition) is 5. The van der Waals surface area contributed by atoms with Crippen LogP contribution in [0.4, 0.5) is 10.5 Å². The molecule has 1 rings (SSSR count). The van der Waals surface area contributed by atoms with Gasteiger partial charge in [0.15, 0.2) is 11.9 Å². The fourth-order valence-corrected chi connectivity index (χ4v) is 2.13. The van der Waals surface area contributed by atoms with Crippen molar-refractivity contribution in [1.29, 1.82) is 0 Å². The number of esters is 1. The number of nitrogens with one attached hydrogen (secondary N) is 1. The molecule has 0 fully saturated rings. The molecule has 0 heterocycles. The number of aliphatic imine (C=N–C) groups is 2. The van der Waals surface area contributed by atoms with Crippen molar-refractivity contribution in [1.82, 2.24) is 5.32 Å². The number of benzene rings is 1. The summed E-state index contributed by atoms with van der Waals surface area (Å²) in [5, 5.41) is 2.52. The Morgan fingerprint density at radius 3 is 2.21 bits per heavy atom. The van der Waals surface area contributed by atoms with Gasteiger partial charge in [0.2, 0.25) is 0 Å². The number of nitrogens with two attached hydrogens (primary N) is 4. The van der Waals surface area contributed by atoms with Crippen LogP contribution in [0.2, 0.25) is 0 Å². The lowest BCUT2D eigenvalue weighted by Gasteiger charge is -2.22. The molecule has 1 amide bonds. The average Bonchev–Trinajstić information content (AvgIpc) is 2.57. The molecule has 9 N–H and O–H groups in total. The molecule has 0 saturated carbocycles. The van der Waals surface area contributed by atoms with E-state index < -0.39 is 23.7 Å². The van der Waals surface area contributed by atoms with Gasteiger partial charge in [-0.2, -0.15) is 0 Å². The highest BCUT2D eigenvalue weighted by Gasteiger charge is 2.25. The van der Waals surface area contributed by atoms with E-state index in [-0.39, 0.29) is 24.1 Å². The summed E-state index contributed by atoms with van der Waals surface area (Å²) in [6, 6.07) is 5.28. The maximum absolute atomic E-state index is 12.6. The molecule has 0 bridgehead atoms. The Kier molecular flexibility index (Phi) is 8.71. The Balaban J connectivity index is 2.80. The molecule has 1 aromatic carbocycles. The first-order valence-electron chi connectivity index (χ1n) is 8.92. The van der Waals surface area contributed by atoms with Gasteiger partial charge < -0.3 is 37.7 Å². The van der Waals surface area contributed by atoms with Crippen LogP contribution in [0.5, 0.6) is 5.75 Å². The van der Waals surface area contributed by atoms with E-state index in [1.165, 1.54) is 12.1 Å². The number of hydrogen-bond acceptors (Lipinski definition) is 6. The number of guanidine groups is 2. The summed E-state index contributed by atoms with van der Waals surface area (Å²) in [6.45, 7) is 5.46. The molecule has 0 aromatic heterocycles. The number of amides is 1. The largest absolute Gasteiger partial charge is 0.444 e. The number of carbonyl (C=O) groups is 2. The minimum absolute atomic E-state index is 0.0508. The van der Waals surface area contributed by atoms with Crippen LogP contribution in [0.25, 0.3) is 0 Å². The monoisotopic (exact) mass is 407 g/mol. The summed E-state index contributed by atoms with van der Waals surface area (Å²) in [7, 11) is 0. The molecule has 0 spiro atoms. The number of alkyl carbamates (subject to hydrolysis) is 1. The van der Waals surface area contributed by atoms with Crippen LogP contribution >= 0.6 is 0 Å². The van der Waals surface area contributed by atoms with Gasteiger partial charge in [0.1, 0.15) is 17.4 Å². The SMILES string of the molecule is CC(C)(C)OC(=O)N[C@H](CCCN=C(N)N)C(=O)Oc1ccc(N=C(N)N)cc1. The van der Waals surface area contributed by atoms with Crippen LogP contribution in [0, 0.1) is 0 Å². The minimum atomic E-state index is -0.948. The maximum Gasteiger partial charge on any atom is 0.408 e. The summed E-state index contributed by atoms with van der Waals surface area (Å²) in [6.07, 6.45) is -0.0397. The third-order valence-corrected chi connectivity index (χ3v) is 3.23. The number of nitrogens with zero attached hydrogens (tertiary/aromatic N) is 2. The third kappa shape index (κ3) is 10.4. The molecule has 0 unspecified atom stereocenters. The highest BCUT2D eigenvalue weighted by Crippen LogP contribution is 2.19. The van der Waals surface area contributed by atoms with Crippen LogP contribution in [0.3, 0.4) is 0 Å². The summed E-state index contributed by atoms with van der Waals surface area (Å²) < 4.78 is 10.5. The van der Waals surface area contributed by atoms with Crippen LogP contribution < -0.4 is 33.0 Å². The molecule has 1 atom stereocenters. The van der Waals surface area contributed by atoms with Gasteiger partial charge in [-0.25, -0.2) is 14.6 Å². The Bertz CT molecular complexity index is 746. The van der Waals surface area contributed by atoms with E-state index in [0.29, 0.717) is 18.7 Å². The summed E-state index contributed by atoms with van der Waals surface area (Å²) >= 11 is 0. The van der Waals surface area contributed by atoms with Gasteiger partial charge in [0.25, 0.3) is 0 Å². The maximum atomic E-state index is 12.6. The van der Waals surface area contributed by atoms with Gasteiger partial charge in [0, 0.05) is 6.54 Å². The van der Waals surface area contributed by atoms with Crippen molar-refractivity contribution in [3.8, 4) is 5.75 Å². The first-order chi connectivity index (χ1) is 13.5. The first-order valence-corrected chi connectivity index (χ1v) is 8.92. The second-order valence-electron chi connectivity index (χ2n) is 7.10. The Hall–Kier alpha value is -3.50. The second-order valence-corrected chi connectivity index (χ2v) is 7.10. The second kappa shape index (κ2) is 10.7. The van der Waals surface area contributed by atoms with Crippen molar-refractivity contribution < 1.29 is 19.1 Å². The molecular formula is C18H29N7O4. The molecule has 0 aliphatic rings. The Labute approximate surface area is 169 Å². The van der Waals surface area contributed by atoms with E-state index in [1.54, 1.807) is 32.9 Å². The first kappa shape index (κ1) is 23.5. The lowest BCUT2D eigenvalue weighted by Crippen LogP contribution is -2.45. The number of carbonyl (C=O) groups excluding carboxylic acids is 2. The zero-order valence-corrected chi connectivity index (χ0v) is 16.8. The van der Waals surface area contributed by atoms with E-state index in [1.807, 2.05) is 0 Å². The zero-order valence-electron chi connectivity index (χ0n) is 16.8. The minimum Gasteiger partial charge on any atom is -0.444 e. The van der Waals surface area contributed by atoms with E-state index in [2.05, 4.69) is 15.3 Å². The quantitative estimate of drug-likeness (QED) is 0.135. The summed E-state index contributed by atoms with van der Waals surface area (Å²) in [5.41, 5.74) is 21.0. The molecule has 29 heavy (non-hydrogen) atoms. The van der Waals surface area contributed by atoms with Crippen LogP contribution in [0.15, 0.2) is 34.3 Å². The molecule has 0 aliphatic heterocycles. The van der Waals surface area contributed by atoms with Crippen molar-refractivity contribution in [2.45, 2.75) is 45.3 Å². The van der Waals surface area contributed by atoms with Gasteiger partial charge >= 0.3 is 12.1 Å². The predicted molar refractivity (Wildman–Crippen MR) is 111 cm³/mol. The highest BCUT2D eigenvalue weighted by atomic mass is 16.6. The summed E-state index contributed by atoms with van der Waals surface area (Å²) in [5.74, 6) is -0.526. The lowest BCUT2D eigenvalue weighted by atomic mass is 10.1. The molecule has 0 radical (unpaired) electrons. The number of rotatable bonds is 8. The van der Waals surface area contributed by atoms with Gasteiger partial charge in [0.05, 0.1) is 5.69 Å². The molecule has 160 valence electrons. The van der Waals surface area contributed by atoms with E-state index >= 15 is 0 Å². The standard InChI is InChI=1S/C18H29N7O4/c1-18(2,3)29-17(27)25-13(5-4-10-23-15(19)20)14(26)28-12-8-6-11(7-9-12)24-16(21)22/h6-9,13H,4-5,10H2,1-3H3,(H,25,27)(H4,19,20,23)(H4,21,22,24)/t13-/m1/s1. The molecule has 11 heteroatoms. The van der Waals surface area contributed by atoms with E-state index in [0.717, 1.165) is 0 Å². The topological polar surface area (TPSA) is 193 Å². The third-order valence-electron chi connectivity index (χ3n) is 3.23. The highest BCUT2D eigenvalue weighted by molar-refractivity contribution is 5.83. The van der Waals surface area contributed by atoms with Crippen LogP contribution in [-0.2, 0) is 9.53 Å². The van der Waals surface area contributed by atoms with Gasteiger partial charge in [-0.3, -0.25) is 4.99 Å². The van der Waals surface area contributed by atoms with Crippen molar-refractivity contribution in [3.63, 3.8) is 0 Å². The van der Waals surface area contributed by atoms with E-state index in [4.69, 9.17) is 32.4 Å². The number of ether oxygens (including phenoxy) is 2. The lowest BCUT2D eigenvalue weighted by molar-refractivity contribution is -0.137. The normalized spacial score (nSPS) is 11.7. The van der Waals surface area contributed by atoms with Gasteiger partial charge in [-0.1, -0.05) is 0 Å². The zero-order chi connectivity index (χ0) is 22.0.